The summed E-state index contributed by atoms with van der Waals surface area (Å²) in [6.45, 7) is 0. The first-order valence-electron chi connectivity index (χ1n) is 2.73. The van der Waals surface area contributed by atoms with Crippen molar-refractivity contribution < 1.29 is 8.78 Å². The Morgan fingerprint density at radius 2 is 2.20 bits per heavy atom. The van der Waals surface area contributed by atoms with Crippen LogP contribution >= 0.6 is 0 Å². The molecule has 0 fully saturated rings. The third-order valence-electron chi connectivity index (χ3n) is 1.08. The minimum atomic E-state index is -1.07. The third-order valence-corrected chi connectivity index (χ3v) is 1.08. The summed E-state index contributed by atoms with van der Waals surface area (Å²) in [5, 5.41) is 2.63. The number of hydrogen-bond donors (Lipinski definition) is 1. The van der Waals surface area contributed by atoms with E-state index in [0.717, 1.165) is 6.07 Å². The maximum Gasteiger partial charge on any atom is 0.249 e. The van der Waals surface area contributed by atoms with E-state index in [1.54, 1.807) is 7.05 Å². The van der Waals surface area contributed by atoms with Gasteiger partial charge in [0.2, 0.25) is 5.95 Å². The van der Waals surface area contributed by atoms with Crippen molar-refractivity contribution in [2.45, 2.75) is 0 Å². The smallest absolute Gasteiger partial charge is 0.249 e. The van der Waals surface area contributed by atoms with Crippen LogP contribution in [0.25, 0.3) is 0 Å². The molecule has 0 bridgehead atoms. The predicted octanol–water partition coefficient (Wildman–Crippen LogP) is 1.40. The van der Waals surface area contributed by atoms with Crippen molar-refractivity contribution in [1.82, 2.24) is 4.98 Å². The van der Waals surface area contributed by atoms with E-state index in [1.807, 2.05) is 0 Å². The highest BCUT2D eigenvalue weighted by molar-refractivity contribution is 5.39. The molecule has 1 aromatic heterocycles. The zero-order valence-corrected chi connectivity index (χ0v) is 5.36. The molecule has 1 aromatic rings. The number of rotatable bonds is 1. The molecule has 0 unspecified atom stereocenters. The summed E-state index contributed by atoms with van der Waals surface area (Å²) in [5.41, 5.74) is 0.457. The maximum atomic E-state index is 12.3. The second kappa shape index (κ2) is 2.60. The van der Waals surface area contributed by atoms with E-state index in [9.17, 15) is 8.78 Å². The van der Waals surface area contributed by atoms with Gasteiger partial charge in [-0.1, -0.05) is 0 Å². The van der Waals surface area contributed by atoms with Gasteiger partial charge in [0.15, 0.2) is 5.82 Å². The van der Waals surface area contributed by atoms with Crippen molar-refractivity contribution >= 4 is 5.69 Å². The molecule has 0 aromatic carbocycles. The Morgan fingerprint density at radius 1 is 1.50 bits per heavy atom. The lowest BCUT2D eigenvalue weighted by Gasteiger charge is -1.97. The molecule has 1 heterocycles. The van der Waals surface area contributed by atoms with Crippen LogP contribution in [0.3, 0.4) is 0 Å². The largest absolute Gasteiger partial charge is 0.387 e. The lowest BCUT2D eigenvalue weighted by Crippen LogP contribution is -1.93. The molecule has 4 heteroatoms. The quantitative estimate of drug-likeness (QED) is 0.602. The van der Waals surface area contributed by atoms with Gasteiger partial charge in [-0.05, 0) is 0 Å². The summed E-state index contributed by atoms with van der Waals surface area (Å²) >= 11 is 0. The number of pyridine rings is 1. The summed E-state index contributed by atoms with van der Waals surface area (Å²) in [5.74, 6) is -2.01. The molecule has 2 nitrogen and oxygen atoms in total. The van der Waals surface area contributed by atoms with Gasteiger partial charge in [-0.15, -0.1) is 0 Å². The molecule has 0 saturated heterocycles. The molecule has 54 valence electrons. The van der Waals surface area contributed by atoms with Crippen LogP contribution in [0.4, 0.5) is 14.5 Å². The van der Waals surface area contributed by atoms with Crippen molar-refractivity contribution in [3.63, 3.8) is 0 Å². The average molecular weight is 144 g/mol. The van der Waals surface area contributed by atoms with E-state index in [2.05, 4.69) is 10.3 Å². The van der Waals surface area contributed by atoms with E-state index >= 15 is 0 Å². The van der Waals surface area contributed by atoms with Crippen LogP contribution in [0.15, 0.2) is 12.3 Å². The molecule has 0 aliphatic rings. The summed E-state index contributed by atoms with van der Waals surface area (Å²) in [6.07, 6.45) is 1.22. The number of hydrogen-bond acceptors (Lipinski definition) is 2. The molecule has 0 amide bonds. The van der Waals surface area contributed by atoms with Crippen LogP contribution in [-0.4, -0.2) is 12.0 Å². The Kier molecular flexibility index (Phi) is 1.80. The fourth-order valence-electron chi connectivity index (χ4n) is 0.558. The minimum Gasteiger partial charge on any atom is -0.387 e. The van der Waals surface area contributed by atoms with Crippen LogP contribution in [0.1, 0.15) is 0 Å². The lowest BCUT2D eigenvalue weighted by atomic mass is 10.4. The van der Waals surface area contributed by atoms with Crippen molar-refractivity contribution in [3.05, 3.63) is 24.0 Å². The first kappa shape index (κ1) is 6.92. The normalized spacial score (nSPS) is 9.50. The van der Waals surface area contributed by atoms with Crippen molar-refractivity contribution in [3.8, 4) is 0 Å². The standard InChI is InChI=1S/C6H6F2N2/c1-9-4-2-5(7)6(8)10-3-4/h2-3,9H,1H3. The van der Waals surface area contributed by atoms with Gasteiger partial charge >= 0.3 is 0 Å². The lowest BCUT2D eigenvalue weighted by molar-refractivity contribution is 0.480. The van der Waals surface area contributed by atoms with Crippen LogP contribution in [0.2, 0.25) is 0 Å². The Bertz CT molecular complexity index is 237. The SMILES string of the molecule is CNc1cnc(F)c(F)c1. The number of anilines is 1. The summed E-state index contributed by atoms with van der Waals surface area (Å²) < 4.78 is 24.4. The topological polar surface area (TPSA) is 24.9 Å². The van der Waals surface area contributed by atoms with Crippen molar-refractivity contribution in [1.29, 1.82) is 0 Å². The maximum absolute atomic E-state index is 12.3. The molecule has 0 atom stereocenters. The van der Waals surface area contributed by atoms with E-state index in [0.29, 0.717) is 5.69 Å². The molecule has 0 aliphatic heterocycles. The van der Waals surface area contributed by atoms with Crippen LogP contribution in [0.5, 0.6) is 0 Å². The summed E-state index contributed by atoms with van der Waals surface area (Å²) in [4.78, 5) is 3.15. The molecule has 1 N–H and O–H groups in total. The summed E-state index contributed by atoms with van der Waals surface area (Å²) in [6, 6.07) is 1.04. The van der Waals surface area contributed by atoms with Gasteiger partial charge in [-0.3, -0.25) is 0 Å². The van der Waals surface area contributed by atoms with Gasteiger partial charge in [0.25, 0.3) is 0 Å². The average Bonchev–Trinajstić information content (AvgIpc) is 1.95. The first-order valence-corrected chi connectivity index (χ1v) is 2.73. The number of nitrogens with one attached hydrogen (secondary N) is 1. The van der Waals surface area contributed by atoms with Gasteiger partial charge in [-0.2, -0.15) is 4.39 Å². The molecule has 10 heavy (non-hydrogen) atoms. The zero-order chi connectivity index (χ0) is 7.56. The second-order valence-electron chi connectivity index (χ2n) is 1.75. The van der Waals surface area contributed by atoms with E-state index in [4.69, 9.17) is 0 Å². The van der Waals surface area contributed by atoms with Crippen molar-refractivity contribution in [2.75, 3.05) is 12.4 Å². The first-order chi connectivity index (χ1) is 4.74. The molecule has 1 rings (SSSR count). The van der Waals surface area contributed by atoms with Gasteiger partial charge < -0.3 is 5.32 Å². The fourth-order valence-corrected chi connectivity index (χ4v) is 0.558. The molecule has 0 spiro atoms. The van der Waals surface area contributed by atoms with Gasteiger partial charge in [0, 0.05) is 13.1 Å². The molecule has 0 radical (unpaired) electrons. The van der Waals surface area contributed by atoms with Crippen LogP contribution in [0, 0.1) is 11.8 Å². The Morgan fingerprint density at radius 3 is 2.70 bits per heavy atom. The Hall–Kier alpha value is -1.19. The Labute approximate surface area is 56.9 Å². The molecule has 0 aliphatic carbocycles. The third kappa shape index (κ3) is 1.21. The molecular weight excluding hydrogens is 138 g/mol. The van der Waals surface area contributed by atoms with E-state index in [1.165, 1.54) is 6.20 Å². The highest BCUT2D eigenvalue weighted by Gasteiger charge is 2.01. The highest BCUT2D eigenvalue weighted by Crippen LogP contribution is 2.08. The number of halogens is 2. The summed E-state index contributed by atoms with van der Waals surface area (Å²) in [7, 11) is 1.61. The van der Waals surface area contributed by atoms with Gasteiger partial charge in [0.1, 0.15) is 0 Å². The van der Waals surface area contributed by atoms with Crippen LogP contribution in [-0.2, 0) is 0 Å². The molecule has 0 saturated carbocycles. The monoisotopic (exact) mass is 144 g/mol. The second-order valence-corrected chi connectivity index (χ2v) is 1.75. The predicted molar refractivity (Wildman–Crippen MR) is 33.7 cm³/mol. The number of nitrogens with zero attached hydrogens (tertiary/aromatic N) is 1. The van der Waals surface area contributed by atoms with E-state index in [-0.39, 0.29) is 0 Å². The van der Waals surface area contributed by atoms with Gasteiger partial charge in [0.05, 0.1) is 11.9 Å². The highest BCUT2D eigenvalue weighted by atomic mass is 19.2. The van der Waals surface area contributed by atoms with E-state index < -0.39 is 11.8 Å². The number of aromatic nitrogens is 1. The fraction of sp³-hybridized carbons (Fsp3) is 0.167. The van der Waals surface area contributed by atoms with Gasteiger partial charge in [-0.25, -0.2) is 9.37 Å². The minimum absolute atomic E-state index is 0.457. The van der Waals surface area contributed by atoms with Crippen molar-refractivity contribution in [2.24, 2.45) is 0 Å². The Balaban J connectivity index is 3.04. The molecular formula is C6H6F2N2. The zero-order valence-electron chi connectivity index (χ0n) is 5.36. The van der Waals surface area contributed by atoms with Crippen LogP contribution < -0.4 is 5.32 Å².